The lowest BCUT2D eigenvalue weighted by atomic mass is 10.2. The lowest BCUT2D eigenvalue weighted by Gasteiger charge is -2.06. The maximum atomic E-state index is 12.0. The minimum atomic E-state index is -0.440. The third-order valence-electron chi connectivity index (χ3n) is 2.94. The van der Waals surface area contributed by atoms with E-state index in [0.29, 0.717) is 11.6 Å². The van der Waals surface area contributed by atoms with E-state index in [2.05, 4.69) is 26.6 Å². The number of amides is 1. The molecule has 23 heavy (non-hydrogen) atoms. The molecule has 0 radical (unpaired) electrons. The molecular weight excluding hydrogens is 378 g/mol. The highest BCUT2D eigenvalue weighted by Gasteiger charge is 2.08. The van der Waals surface area contributed by atoms with Crippen LogP contribution in [0.15, 0.2) is 64.8 Å². The van der Waals surface area contributed by atoms with Crippen LogP contribution in [-0.2, 0) is 11.3 Å². The average Bonchev–Trinajstić information content (AvgIpc) is 2.55. The molecule has 0 saturated heterocycles. The molecule has 0 aliphatic rings. The van der Waals surface area contributed by atoms with Crippen molar-refractivity contribution in [1.82, 2.24) is 5.32 Å². The van der Waals surface area contributed by atoms with E-state index in [9.17, 15) is 4.79 Å². The molecule has 2 aromatic carbocycles. The molecule has 0 aliphatic carbocycles. The Labute approximate surface area is 147 Å². The summed E-state index contributed by atoms with van der Waals surface area (Å²) in [6.45, 7) is 0.325. The number of nitrogens with zero attached hydrogens (tertiary/aromatic N) is 1. The van der Waals surface area contributed by atoms with E-state index in [1.165, 1.54) is 6.20 Å². The molecule has 0 aliphatic heterocycles. The molecule has 0 fully saturated rings. The number of carbonyl (C=O) groups excluding carboxylic acids is 1. The van der Waals surface area contributed by atoms with Crippen molar-refractivity contribution in [1.29, 1.82) is 5.26 Å². The molecular formula is C17H13BrClN3O. The van der Waals surface area contributed by atoms with E-state index in [1.807, 2.05) is 42.5 Å². The summed E-state index contributed by atoms with van der Waals surface area (Å²) in [6.07, 6.45) is 1.39. The summed E-state index contributed by atoms with van der Waals surface area (Å²) in [7, 11) is 0. The van der Waals surface area contributed by atoms with Crippen LogP contribution in [0, 0.1) is 11.3 Å². The zero-order chi connectivity index (χ0) is 16.7. The van der Waals surface area contributed by atoms with Crippen LogP contribution < -0.4 is 10.6 Å². The van der Waals surface area contributed by atoms with Gasteiger partial charge in [0, 0.05) is 27.9 Å². The lowest BCUT2D eigenvalue weighted by Crippen LogP contribution is -2.24. The Bertz CT molecular complexity index is 766. The van der Waals surface area contributed by atoms with Gasteiger partial charge in [-0.05, 0) is 35.9 Å². The van der Waals surface area contributed by atoms with Gasteiger partial charge in [-0.25, -0.2) is 0 Å². The van der Waals surface area contributed by atoms with Gasteiger partial charge in [-0.1, -0.05) is 45.7 Å². The normalized spacial score (nSPS) is 10.7. The number of carbonyl (C=O) groups is 1. The summed E-state index contributed by atoms with van der Waals surface area (Å²) in [5.74, 6) is -0.440. The van der Waals surface area contributed by atoms with Gasteiger partial charge in [0.15, 0.2) is 0 Å². The molecule has 0 spiro atoms. The van der Waals surface area contributed by atoms with Crippen molar-refractivity contribution in [2.75, 3.05) is 5.32 Å². The van der Waals surface area contributed by atoms with Crippen molar-refractivity contribution in [2.45, 2.75) is 6.54 Å². The summed E-state index contributed by atoms with van der Waals surface area (Å²) >= 11 is 9.16. The molecule has 0 unspecified atom stereocenters. The first kappa shape index (κ1) is 17.1. The first-order valence-corrected chi connectivity index (χ1v) is 7.90. The highest BCUT2D eigenvalue weighted by atomic mass is 79.9. The first-order valence-electron chi connectivity index (χ1n) is 6.73. The van der Waals surface area contributed by atoms with E-state index in [0.717, 1.165) is 15.7 Å². The number of nitriles is 1. The van der Waals surface area contributed by atoms with E-state index in [4.69, 9.17) is 16.9 Å². The Morgan fingerprint density at radius 2 is 2.00 bits per heavy atom. The molecule has 2 N–H and O–H groups in total. The SMILES string of the molecule is N#C/C(=C/Nc1cccc(Br)c1)C(=O)NCc1ccc(Cl)cc1. The highest BCUT2D eigenvalue weighted by Crippen LogP contribution is 2.16. The Balaban J connectivity index is 1.96. The standard InChI is InChI=1S/C17H13BrClN3O/c18-14-2-1-3-16(8-14)21-11-13(9-20)17(23)22-10-12-4-6-15(19)7-5-12/h1-8,11,21H,10H2,(H,22,23)/b13-11-. The topological polar surface area (TPSA) is 64.9 Å². The number of hydrogen-bond acceptors (Lipinski definition) is 3. The molecule has 116 valence electrons. The molecule has 0 heterocycles. The minimum Gasteiger partial charge on any atom is -0.360 e. The zero-order valence-electron chi connectivity index (χ0n) is 12.0. The number of rotatable bonds is 5. The molecule has 2 rings (SSSR count). The van der Waals surface area contributed by atoms with Crippen molar-refractivity contribution in [2.24, 2.45) is 0 Å². The van der Waals surface area contributed by atoms with Crippen LogP contribution in [0.1, 0.15) is 5.56 Å². The van der Waals surface area contributed by atoms with Crippen LogP contribution in [0.5, 0.6) is 0 Å². The summed E-state index contributed by atoms with van der Waals surface area (Å²) in [4.78, 5) is 12.0. The number of hydrogen-bond donors (Lipinski definition) is 2. The van der Waals surface area contributed by atoms with Gasteiger partial charge in [0.25, 0.3) is 5.91 Å². The molecule has 2 aromatic rings. The van der Waals surface area contributed by atoms with Crippen LogP contribution in [0.25, 0.3) is 0 Å². The van der Waals surface area contributed by atoms with Gasteiger partial charge in [-0.2, -0.15) is 5.26 Å². The molecule has 0 aromatic heterocycles. The van der Waals surface area contributed by atoms with Crippen LogP contribution in [0.4, 0.5) is 5.69 Å². The summed E-state index contributed by atoms with van der Waals surface area (Å²) in [5, 5.41) is 15.4. The van der Waals surface area contributed by atoms with Gasteiger partial charge in [0.2, 0.25) is 0 Å². The fourth-order valence-electron chi connectivity index (χ4n) is 1.76. The van der Waals surface area contributed by atoms with E-state index in [-0.39, 0.29) is 5.57 Å². The summed E-state index contributed by atoms with van der Waals surface area (Å²) < 4.78 is 0.904. The maximum Gasteiger partial charge on any atom is 0.263 e. The molecule has 0 bridgehead atoms. The molecule has 1 amide bonds. The van der Waals surface area contributed by atoms with E-state index in [1.54, 1.807) is 12.1 Å². The van der Waals surface area contributed by atoms with Crippen molar-refractivity contribution < 1.29 is 4.79 Å². The van der Waals surface area contributed by atoms with Gasteiger partial charge in [0.1, 0.15) is 11.6 Å². The average molecular weight is 391 g/mol. The second-order valence-electron chi connectivity index (χ2n) is 4.63. The van der Waals surface area contributed by atoms with Crippen molar-refractivity contribution in [3.8, 4) is 6.07 Å². The number of benzene rings is 2. The third kappa shape index (κ3) is 5.44. The van der Waals surface area contributed by atoms with E-state index < -0.39 is 5.91 Å². The number of anilines is 1. The first-order chi connectivity index (χ1) is 11.1. The Kier molecular flexibility index (Phi) is 6.21. The van der Waals surface area contributed by atoms with Gasteiger partial charge in [-0.15, -0.1) is 0 Å². The number of halogens is 2. The second-order valence-corrected chi connectivity index (χ2v) is 5.99. The molecule has 0 atom stereocenters. The Morgan fingerprint density at radius 3 is 2.65 bits per heavy atom. The maximum absolute atomic E-state index is 12.0. The molecule has 0 saturated carbocycles. The smallest absolute Gasteiger partial charge is 0.263 e. The Morgan fingerprint density at radius 1 is 1.26 bits per heavy atom. The third-order valence-corrected chi connectivity index (χ3v) is 3.68. The summed E-state index contributed by atoms with van der Waals surface area (Å²) in [6, 6.07) is 16.4. The lowest BCUT2D eigenvalue weighted by molar-refractivity contribution is -0.117. The minimum absolute atomic E-state index is 0.000982. The quantitative estimate of drug-likeness (QED) is 0.593. The van der Waals surface area contributed by atoms with Crippen LogP contribution >= 0.6 is 27.5 Å². The monoisotopic (exact) mass is 389 g/mol. The van der Waals surface area contributed by atoms with Crippen LogP contribution in [0.2, 0.25) is 5.02 Å². The van der Waals surface area contributed by atoms with Gasteiger partial charge >= 0.3 is 0 Å². The van der Waals surface area contributed by atoms with Crippen LogP contribution in [-0.4, -0.2) is 5.91 Å². The number of nitrogens with one attached hydrogen (secondary N) is 2. The van der Waals surface area contributed by atoms with Gasteiger partial charge in [-0.3, -0.25) is 4.79 Å². The molecule has 4 nitrogen and oxygen atoms in total. The zero-order valence-corrected chi connectivity index (χ0v) is 14.4. The van der Waals surface area contributed by atoms with Crippen molar-refractivity contribution in [3.63, 3.8) is 0 Å². The fourth-order valence-corrected chi connectivity index (χ4v) is 2.29. The predicted molar refractivity (Wildman–Crippen MR) is 94.8 cm³/mol. The fraction of sp³-hybridized carbons (Fsp3) is 0.0588. The summed E-state index contributed by atoms with van der Waals surface area (Å²) in [5.41, 5.74) is 1.68. The largest absolute Gasteiger partial charge is 0.360 e. The molecule has 6 heteroatoms. The van der Waals surface area contributed by atoms with E-state index >= 15 is 0 Å². The van der Waals surface area contributed by atoms with Crippen molar-refractivity contribution in [3.05, 3.63) is 75.4 Å². The van der Waals surface area contributed by atoms with Gasteiger partial charge in [0.05, 0.1) is 0 Å². The van der Waals surface area contributed by atoms with Gasteiger partial charge < -0.3 is 10.6 Å². The van der Waals surface area contributed by atoms with Crippen molar-refractivity contribution >= 4 is 39.1 Å². The highest BCUT2D eigenvalue weighted by molar-refractivity contribution is 9.10. The predicted octanol–water partition coefficient (Wildman–Crippen LogP) is 4.24. The second kappa shape index (κ2) is 8.37. The Hall–Kier alpha value is -2.29. The van der Waals surface area contributed by atoms with Crippen LogP contribution in [0.3, 0.4) is 0 Å².